The summed E-state index contributed by atoms with van der Waals surface area (Å²) in [5.41, 5.74) is 0.241. The van der Waals surface area contributed by atoms with Crippen molar-refractivity contribution in [3.8, 4) is 0 Å². The zero-order chi connectivity index (χ0) is 13.0. The summed E-state index contributed by atoms with van der Waals surface area (Å²) in [5, 5.41) is 11.0. The first-order chi connectivity index (χ1) is 9.18. The number of thiophene rings is 1. The van der Waals surface area contributed by atoms with Crippen LogP contribution in [-0.4, -0.2) is 5.11 Å². The van der Waals surface area contributed by atoms with Crippen LogP contribution >= 0.6 is 11.3 Å². The van der Waals surface area contributed by atoms with E-state index in [4.69, 9.17) is 0 Å². The molecule has 2 heteroatoms. The molecule has 1 N–H and O–H groups in total. The van der Waals surface area contributed by atoms with Gasteiger partial charge in [-0.15, -0.1) is 11.3 Å². The van der Waals surface area contributed by atoms with Gasteiger partial charge in [-0.05, 0) is 74.8 Å². The van der Waals surface area contributed by atoms with E-state index in [-0.39, 0.29) is 11.5 Å². The number of hydrogen-bond donors (Lipinski definition) is 1. The van der Waals surface area contributed by atoms with Gasteiger partial charge in [0.2, 0.25) is 0 Å². The van der Waals surface area contributed by atoms with E-state index in [1.54, 1.807) is 0 Å². The first-order valence-electron chi connectivity index (χ1n) is 7.95. The minimum Gasteiger partial charge on any atom is -0.387 e. The van der Waals surface area contributed by atoms with Gasteiger partial charge in [0.15, 0.2) is 0 Å². The third-order valence-corrected chi connectivity index (χ3v) is 7.25. The van der Waals surface area contributed by atoms with Crippen LogP contribution in [0.1, 0.15) is 61.3 Å². The molecular weight excluding hydrogens is 252 g/mol. The third kappa shape index (κ3) is 1.91. The molecule has 0 saturated heterocycles. The Bertz CT molecular complexity index is 440. The smallest absolute Gasteiger partial charge is 0.0938 e. The molecule has 4 aliphatic rings. The summed E-state index contributed by atoms with van der Waals surface area (Å²) in [6.07, 6.45) is 9.15. The molecule has 1 aromatic rings. The van der Waals surface area contributed by atoms with Crippen LogP contribution in [0.15, 0.2) is 12.1 Å². The van der Waals surface area contributed by atoms with Gasteiger partial charge in [0.1, 0.15) is 0 Å². The van der Waals surface area contributed by atoms with Crippen molar-refractivity contribution >= 4 is 11.3 Å². The van der Waals surface area contributed by atoms with Gasteiger partial charge in [0.05, 0.1) is 6.10 Å². The van der Waals surface area contributed by atoms with Crippen molar-refractivity contribution in [2.75, 3.05) is 0 Å². The van der Waals surface area contributed by atoms with E-state index in [1.807, 2.05) is 11.3 Å². The predicted molar refractivity (Wildman–Crippen MR) is 79.3 cm³/mol. The molecule has 1 nitrogen and oxygen atoms in total. The molecule has 104 valence electrons. The molecule has 0 radical (unpaired) electrons. The maximum absolute atomic E-state index is 11.0. The summed E-state index contributed by atoms with van der Waals surface area (Å²) in [7, 11) is 0. The second-order valence-electron chi connectivity index (χ2n) is 7.34. The van der Waals surface area contributed by atoms with Crippen molar-refractivity contribution in [3.05, 3.63) is 21.9 Å². The van der Waals surface area contributed by atoms with Gasteiger partial charge in [0, 0.05) is 15.2 Å². The standard InChI is InChI=1S/C17H24OS/c1-2-14-3-4-15(19-14)16(18)17-8-11-5-12(9-17)7-13(6-11)10-17/h3-4,11-13,16,18H,2,5-10H2,1H3. The molecule has 0 amide bonds. The lowest BCUT2D eigenvalue weighted by Crippen LogP contribution is -2.48. The van der Waals surface area contributed by atoms with Gasteiger partial charge in [-0.1, -0.05) is 6.92 Å². The molecule has 4 saturated carbocycles. The molecule has 1 atom stereocenters. The lowest BCUT2D eigenvalue weighted by Gasteiger charge is -2.58. The first kappa shape index (κ1) is 12.4. The predicted octanol–water partition coefficient (Wildman–Crippen LogP) is 4.56. The minimum atomic E-state index is -0.189. The molecule has 4 fully saturated rings. The number of hydrogen-bond acceptors (Lipinski definition) is 2. The molecular formula is C17H24OS. The van der Waals surface area contributed by atoms with E-state index < -0.39 is 0 Å². The quantitative estimate of drug-likeness (QED) is 0.858. The van der Waals surface area contributed by atoms with Crippen molar-refractivity contribution < 1.29 is 5.11 Å². The minimum absolute atomic E-state index is 0.189. The Hall–Kier alpha value is -0.340. The second kappa shape index (κ2) is 4.33. The molecule has 0 aromatic carbocycles. The largest absolute Gasteiger partial charge is 0.387 e. The third-order valence-electron chi connectivity index (χ3n) is 5.97. The summed E-state index contributed by atoms with van der Waals surface area (Å²) < 4.78 is 0. The summed E-state index contributed by atoms with van der Waals surface area (Å²) in [4.78, 5) is 2.65. The highest BCUT2D eigenvalue weighted by atomic mass is 32.1. The average molecular weight is 276 g/mol. The number of aliphatic hydroxyl groups is 1. The van der Waals surface area contributed by atoms with Crippen molar-refractivity contribution in [2.45, 2.75) is 58.0 Å². The number of aryl methyl sites for hydroxylation is 1. The van der Waals surface area contributed by atoms with Crippen molar-refractivity contribution in [2.24, 2.45) is 23.2 Å². The Balaban J connectivity index is 1.63. The van der Waals surface area contributed by atoms with Crippen LogP contribution in [-0.2, 0) is 6.42 Å². The first-order valence-corrected chi connectivity index (χ1v) is 8.77. The van der Waals surface area contributed by atoms with Crippen LogP contribution in [0.2, 0.25) is 0 Å². The summed E-state index contributed by atoms with van der Waals surface area (Å²) in [6.45, 7) is 2.20. The Kier molecular flexibility index (Phi) is 2.82. The summed E-state index contributed by atoms with van der Waals surface area (Å²) in [6, 6.07) is 4.40. The Morgan fingerprint density at radius 2 is 1.74 bits per heavy atom. The average Bonchev–Trinajstić information content (AvgIpc) is 2.84. The molecule has 5 rings (SSSR count). The van der Waals surface area contributed by atoms with Crippen LogP contribution in [0.5, 0.6) is 0 Å². The van der Waals surface area contributed by atoms with Crippen LogP contribution in [0.4, 0.5) is 0 Å². The van der Waals surface area contributed by atoms with Gasteiger partial charge >= 0.3 is 0 Å². The van der Waals surface area contributed by atoms with E-state index in [2.05, 4.69) is 19.1 Å². The molecule has 4 bridgehead atoms. The topological polar surface area (TPSA) is 20.2 Å². The second-order valence-corrected chi connectivity index (χ2v) is 8.54. The molecule has 0 spiro atoms. The highest BCUT2D eigenvalue weighted by Gasteiger charge is 2.54. The van der Waals surface area contributed by atoms with E-state index in [0.717, 1.165) is 24.2 Å². The van der Waals surface area contributed by atoms with Gasteiger partial charge in [-0.25, -0.2) is 0 Å². The highest BCUT2D eigenvalue weighted by Crippen LogP contribution is 2.64. The molecule has 1 aromatic heterocycles. The molecule has 1 heterocycles. The maximum atomic E-state index is 11.0. The van der Waals surface area contributed by atoms with Gasteiger partial charge in [-0.3, -0.25) is 0 Å². The lowest BCUT2D eigenvalue weighted by atomic mass is 9.48. The monoisotopic (exact) mass is 276 g/mol. The van der Waals surface area contributed by atoms with Gasteiger partial charge in [0.25, 0.3) is 0 Å². The summed E-state index contributed by atoms with van der Waals surface area (Å²) >= 11 is 1.84. The zero-order valence-electron chi connectivity index (χ0n) is 11.8. The van der Waals surface area contributed by atoms with E-state index >= 15 is 0 Å². The summed E-state index contributed by atoms with van der Waals surface area (Å²) in [5.74, 6) is 2.77. The lowest BCUT2D eigenvalue weighted by molar-refractivity contribution is -0.121. The number of rotatable bonds is 3. The normalized spacial score (nSPS) is 41.7. The van der Waals surface area contributed by atoms with Crippen LogP contribution in [0.25, 0.3) is 0 Å². The fourth-order valence-electron chi connectivity index (χ4n) is 5.55. The highest BCUT2D eigenvalue weighted by molar-refractivity contribution is 7.12. The fraction of sp³-hybridized carbons (Fsp3) is 0.765. The van der Waals surface area contributed by atoms with Crippen molar-refractivity contribution in [1.82, 2.24) is 0 Å². The van der Waals surface area contributed by atoms with E-state index in [1.165, 1.54) is 48.3 Å². The van der Waals surface area contributed by atoms with Crippen molar-refractivity contribution in [3.63, 3.8) is 0 Å². The van der Waals surface area contributed by atoms with Gasteiger partial charge in [-0.2, -0.15) is 0 Å². The van der Waals surface area contributed by atoms with Crippen LogP contribution < -0.4 is 0 Å². The van der Waals surface area contributed by atoms with E-state index in [0.29, 0.717) is 0 Å². The van der Waals surface area contributed by atoms with Gasteiger partial charge < -0.3 is 5.11 Å². The molecule has 19 heavy (non-hydrogen) atoms. The SMILES string of the molecule is CCc1ccc(C(O)C23CC4CC(CC(C4)C2)C3)s1. The molecule has 0 aliphatic heterocycles. The Morgan fingerprint density at radius 1 is 1.16 bits per heavy atom. The van der Waals surface area contributed by atoms with Crippen LogP contribution in [0, 0.1) is 23.2 Å². The van der Waals surface area contributed by atoms with E-state index in [9.17, 15) is 5.11 Å². The number of aliphatic hydroxyl groups excluding tert-OH is 1. The van der Waals surface area contributed by atoms with Crippen LogP contribution in [0.3, 0.4) is 0 Å². The fourth-order valence-corrected chi connectivity index (χ4v) is 6.63. The van der Waals surface area contributed by atoms with Crippen molar-refractivity contribution in [1.29, 1.82) is 0 Å². The molecule has 4 aliphatic carbocycles. The maximum Gasteiger partial charge on any atom is 0.0938 e. The Labute approximate surface area is 120 Å². The zero-order valence-corrected chi connectivity index (χ0v) is 12.6. The molecule has 1 unspecified atom stereocenters. The Morgan fingerprint density at radius 3 is 2.21 bits per heavy atom.